The van der Waals surface area contributed by atoms with Crippen LogP contribution in [0.15, 0.2) is 42.5 Å². The third kappa shape index (κ3) is 4.99. The first-order valence-corrected chi connectivity index (χ1v) is 8.83. The molecule has 0 radical (unpaired) electrons. The Hall–Kier alpha value is -2.53. The molecule has 0 saturated carbocycles. The summed E-state index contributed by atoms with van der Waals surface area (Å²) in [5, 5.41) is 2.99. The molecule has 0 bridgehead atoms. The van der Waals surface area contributed by atoms with Crippen molar-refractivity contribution < 1.29 is 19.1 Å². The zero-order chi connectivity index (χ0) is 19.1. The maximum Gasteiger partial charge on any atom is 0.339 e. The Kier molecular flexibility index (Phi) is 7.04. The molecule has 1 amide bonds. The Labute approximate surface area is 158 Å². The number of carbonyl (C=O) groups is 2. The van der Waals surface area contributed by atoms with Crippen LogP contribution in [0.5, 0.6) is 5.75 Å². The summed E-state index contributed by atoms with van der Waals surface area (Å²) >= 11 is 6.12. The SMILES string of the molecule is CCOC(=O)c1ccc(NC(=O)[C@H](CC)Oc2ccccc2C)cc1Cl. The van der Waals surface area contributed by atoms with Gasteiger partial charge in [-0.1, -0.05) is 36.7 Å². The summed E-state index contributed by atoms with van der Waals surface area (Å²) in [6.07, 6.45) is -0.131. The quantitative estimate of drug-likeness (QED) is 0.717. The molecule has 0 fully saturated rings. The van der Waals surface area contributed by atoms with Crippen molar-refractivity contribution in [2.24, 2.45) is 0 Å². The maximum absolute atomic E-state index is 12.5. The number of hydrogen-bond acceptors (Lipinski definition) is 4. The zero-order valence-electron chi connectivity index (χ0n) is 15.0. The van der Waals surface area contributed by atoms with Crippen LogP contribution in [0.3, 0.4) is 0 Å². The van der Waals surface area contributed by atoms with E-state index in [0.29, 0.717) is 17.9 Å². The Bertz CT molecular complexity index is 791. The van der Waals surface area contributed by atoms with E-state index in [2.05, 4.69) is 5.32 Å². The third-order valence-electron chi connectivity index (χ3n) is 3.76. The Morgan fingerprint density at radius 2 is 1.88 bits per heavy atom. The summed E-state index contributed by atoms with van der Waals surface area (Å²) < 4.78 is 10.8. The lowest BCUT2D eigenvalue weighted by Crippen LogP contribution is -2.32. The standard InChI is InChI=1S/C20H22ClNO4/c1-4-17(26-18-9-7-6-8-13(18)3)19(23)22-14-10-11-15(16(21)12-14)20(24)25-5-2/h6-12,17H,4-5H2,1-3H3,(H,22,23)/t17-/m0/s1. The van der Waals surface area contributed by atoms with Gasteiger partial charge in [0.1, 0.15) is 5.75 Å². The molecule has 0 unspecified atom stereocenters. The molecule has 6 heteroatoms. The average molecular weight is 376 g/mol. The highest BCUT2D eigenvalue weighted by atomic mass is 35.5. The number of aryl methyl sites for hydroxylation is 1. The first-order chi connectivity index (χ1) is 12.5. The Morgan fingerprint density at radius 1 is 1.15 bits per heavy atom. The van der Waals surface area contributed by atoms with Crippen molar-refractivity contribution in [2.75, 3.05) is 11.9 Å². The molecule has 0 aliphatic heterocycles. The second-order valence-electron chi connectivity index (χ2n) is 5.68. The van der Waals surface area contributed by atoms with E-state index in [1.165, 1.54) is 12.1 Å². The Morgan fingerprint density at radius 3 is 2.50 bits per heavy atom. The van der Waals surface area contributed by atoms with Gasteiger partial charge in [-0.05, 0) is 50.1 Å². The second kappa shape index (κ2) is 9.25. The molecule has 0 heterocycles. The van der Waals surface area contributed by atoms with Crippen molar-refractivity contribution in [3.63, 3.8) is 0 Å². The Balaban J connectivity index is 2.09. The number of benzene rings is 2. The number of nitrogens with one attached hydrogen (secondary N) is 1. The van der Waals surface area contributed by atoms with Crippen molar-refractivity contribution in [3.8, 4) is 5.75 Å². The van der Waals surface area contributed by atoms with Gasteiger partial charge in [-0.2, -0.15) is 0 Å². The van der Waals surface area contributed by atoms with Gasteiger partial charge in [0.05, 0.1) is 17.2 Å². The third-order valence-corrected chi connectivity index (χ3v) is 4.07. The molecule has 0 spiro atoms. The molecule has 5 nitrogen and oxygen atoms in total. The second-order valence-corrected chi connectivity index (χ2v) is 6.09. The molecule has 2 rings (SSSR count). The van der Waals surface area contributed by atoms with Crippen LogP contribution in [0, 0.1) is 6.92 Å². The lowest BCUT2D eigenvalue weighted by Gasteiger charge is -2.18. The fourth-order valence-electron chi connectivity index (χ4n) is 2.35. The van der Waals surface area contributed by atoms with Crippen molar-refractivity contribution >= 4 is 29.2 Å². The number of halogens is 1. The van der Waals surface area contributed by atoms with E-state index in [-0.39, 0.29) is 23.1 Å². The summed E-state index contributed by atoms with van der Waals surface area (Å²) in [4.78, 5) is 24.3. The van der Waals surface area contributed by atoms with E-state index >= 15 is 0 Å². The number of anilines is 1. The van der Waals surface area contributed by atoms with E-state index in [9.17, 15) is 9.59 Å². The predicted molar refractivity (Wildman–Crippen MR) is 102 cm³/mol. The molecular weight excluding hydrogens is 354 g/mol. The summed E-state index contributed by atoms with van der Waals surface area (Å²) in [5.41, 5.74) is 1.70. The van der Waals surface area contributed by atoms with Crippen LogP contribution < -0.4 is 10.1 Å². The topological polar surface area (TPSA) is 64.6 Å². The number of hydrogen-bond donors (Lipinski definition) is 1. The van der Waals surface area contributed by atoms with Gasteiger partial charge < -0.3 is 14.8 Å². The van der Waals surface area contributed by atoms with Gasteiger partial charge in [-0.15, -0.1) is 0 Å². The van der Waals surface area contributed by atoms with Gasteiger partial charge in [-0.3, -0.25) is 4.79 Å². The van der Waals surface area contributed by atoms with Crippen LogP contribution in [0.1, 0.15) is 36.2 Å². The highest BCUT2D eigenvalue weighted by molar-refractivity contribution is 6.34. The van der Waals surface area contributed by atoms with Crippen LogP contribution in [0.2, 0.25) is 5.02 Å². The normalized spacial score (nSPS) is 11.5. The fraction of sp³-hybridized carbons (Fsp3) is 0.300. The molecule has 1 atom stereocenters. The van der Waals surface area contributed by atoms with Crippen LogP contribution in [0.4, 0.5) is 5.69 Å². The zero-order valence-corrected chi connectivity index (χ0v) is 15.8. The highest BCUT2D eigenvalue weighted by Gasteiger charge is 2.20. The summed E-state index contributed by atoms with van der Waals surface area (Å²) in [6.45, 7) is 5.79. The van der Waals surface area contributed by atoms with Crippen molar-refractivity contribution in [2.45, 2.75) is 33.3 Å². The van der Waals surface area contributed by atoms with Gasteiger partial charge in [0.25, 0.3) is 5.91 Å². The van der Waals surface area contributed by atoms with Crippen LogP contribution >= 0.6 is 11.6 Å². The van der Waals surface area contributed by atoms with Crippen LogP contribution in [0.25, 0.3) is 0 Å². The van der Waals surface area contributed by atoms with E-state index in [4.69, 9.17) is 21.1 Å². The number of ether oxygens (including phenoxy) is 2. The summed E-state index contributed by atoms with van der Waals surface area (Å²) in [5.74, 6) is -0.106. The smallest absolute Gasteiger partial charge is 0.339 e. The minimum absolute atomic E-state index is 0.217. The molecule has 0 aliphatic carbocycles. The van der Waals surface area contributed by atoms with Crippen molar-refractivity contribution in [1.82, 2.24) is 0 Å². The lowest BCUT2D eigenvalue weighted by atomic mass is 10.2. The summed E-state index contributed by atoms with van der Waals surface area (Å²) in [6, 6.07) is 12.2. The lowest BCUT2D eigenvalue weighted by molar-refractivity contribution is -0.122. The van der Waals surface area contributed by atoms with E-state index < -0.39 is 12.1 Å². The number of amides is 1. The van der Waals surface area contributed by atoms with Gasteiger partial charge >= 0.3 is 5.97 Å². The number of para-hydroxylation sites is 1. The number of carbonyl (C=O) groups excluding carboxylic acids is 2. The number of rotatable bonds is 7. The van der Waals surface area contributed by atoms with Crippen LogP contribution in [-0.4, -0.2) is 24.6 Å². The van der Waals surface area contributed by atoms with E-state index in [1.807, 2.05) is 38.1 Å². The molecule has 138 valence electrons. The molecular formula is C20H22ClNO4. The molecule has 0 saturated heterocycles. The molecule has 0 aliphatic rings. The maximum atomic E-state index is 12.5. The first-order valence-electron chi connectivity index (χ1n) is 8.46. The molecule has 1 N–H and O–H groups in total. The van der Waals surface area contributed by atoms with Crippen molar-refractivity contribution in [3.05, 3.63) is 58.6 Å². The van der Waals surface area contributed by atoms with E-state index in [1.54, 1.807) is 13.0 Å². The largest absolute Gasteiger partial charge is 0.480 e. The minimum atomic E-state index is -0.639. The van der Waals surface area contributed by atoms with Gasteiger partial charge in [0.15, 0.2) is 6.10 Å². The van der Waals surface area contributed by atoms with E-state index in [0.717, 1.165) is 5.56 Å². The molecule has 0 aromatic heterocycles. The monoisotopic (exact) mass is 375 g/mol. The molecule has 2 aromatic rings. The number of esters is 1. The predicted octanol–water partition coefficient (Wildman–Crippen LogP) is 4.62. The van der Waals surface area contributed by atoms with Gasteiger partial charge in [-0.25, -0.2) is 4.79 Å². The van der Waals surface area contributed by atoms with Gasteiger partial charge in [0, 0.05) is 5.69 Å². The summed E-state index contributed by atoms with van der Waals surface area (Å²) in [7, 11) is 0. The molecule has 26 heavy (non-hydrogen) atoms. The van der Waals surface area contributed by atoms with Crippen LogP contribution in [-0.2, 0) is 9.53 Å². The highest BCUT2D eigenvalue weighted by Crippen LogP contribution is 2.23. The average Bonchev–Trinajstić information content (AvgIpc) is 2.61. The fourth-order valence-corrected chi connectivity index (χ4v) is 2.61. The van der Waals surface area contributed by atoms with Crippen molar-refractivity contribution in [1.29, 1.82) is 0 Å². The first kappa shape index (κ1) is 19.8. The minimum Gasteiger partial charge on any atom is -0.480 e. The van der Waals surface area contributed by atoms with Gasteiger partial charge in [0.2, 0.25) is 0 Å². The molecule has 2 aromatic carbocycles.